The number of piperazine rings is 1. The second-order valence-electron chi connectivity index (χ2n) is 7.70. The standard InChI is InChI=1S/C23H29FN4O4/c1-4-10-28-19(15-26-11-13-27(14-12-26)16(3)29)20(22(30)32-5-2)21(25-23(28)31)17-6-8-18(24)9-7-17/h4,6-9,21H,1,5,10-15H2,2-3H3,(H,25,31). The van der Waals surface area contributed by atoms with Crippen molar-refractivity contribution in [2.24, 2.45) is 0 Å². The number of hydrogen-bond acceptors (Lipinski definition) is 5. The summed E-state index contributed by atoms with van der Waals surface area (Å²) in [7, 11) is 0. The van der Waals surface area contributed by atoms with Crippen molar-refractivity contribution in [1.29, 1.82) is 0 Å². The summed E-state index contributed by atoms with van der Waals surface area (Å²) in [6.45, 7) is 10.1. The fraction of sp³-hybridized carbons (Fsp3) is 0.435. The van der Waals surface area contributed by atoms with Gasteiger partial charge < -0.3 is 15.0 Å². The van der Waals surface area contributed by atoms with Gasteiger partial charge in [0.05, 0.1) is 18.2 Å². The Hall–Kier alpha value is -3.20. The lowest BCUT2D eigenvalue weighted by molar-refractivity contribution is -0.139. The number of esters is 1. The number of hydrogen-bond donors (Lipinski definition) is 1. The normalized spacial score (nSPS) is 19.6. The lowest BCUT2D eigenvalue weighted by Crippen LogP contribution is -2.53. The largest absolute Gasteiger partial charge is 0.463 e. The molecule has 2 aliphatic rings. The molecule has 2 aliphatic heterocycles. The molecule has 1 fully saturated rings. The fourth-order valence-electron chi connectivity index (χ4n) is 3.98. The van der Waals surface area contributed by atoms with Crippen molar-refractivity contribution in [1.82, 2.24) is 20.0 Å². The first-order chi connectivity index (χ1) is 15.3. The molecule has 1 aromatic carbocycles. The molecule has 9 heteroatoms. The van der Waals surface area contributed by atoms with Crippen LogP contribution in [0, 0.1) is 5.82 Å². The monoisotopic (exact) mass is 444 g/mol. The molecule has 1 unspecified atom stereocenters. The summed E-state index contributed by atoms with van der Waals surface area (Å²) in [4.78, 5) is 43.1. The lowest BCUT2D eigenvalue weighted by Gasteiger charge is -2.40. The maximum Gasteiger partial charge on any atom is 0.338 e. The van der Waals surface area contributed by atoms with Crippen LogP contribution in [0.15, 0.2) is 48.2 Å². The summed E-state index contributed by atoms with van der Waals surface area (Å²) < 4.78 is 18.8. The summed E-state index contributed by atoms with van der Waals surface area (Å²) in [6.07, 6.45) is 1.59. The van der Waals surface area contributed by atoms with Crippen molar-refractivity contribution >= 4 is 17.9 Å². The van der Waals surface area contributed by atoms with E-state index < -0.39 is 17.8 Å². The van der Waals surface area contributed by atoms with Gasteiger partial charge in [0.1, 0.15) is 5.82 Å². The molecule has 8 nitrogen and oxygen atoms in total. The SMILES string of the molecule is C=CCN1C(=O)NC(c2ccc(F)cc2)C(C(=O)OCC)=C1CN1CCN(C(C)=O)CC1. The zero-order valence-corrected chi connectivity index (χ0v) is 18.5. The van der Waals surface area contributed by atoms with Crippen LogP contribution >= 0.6 is 0 Å². The molecular weight excluding hydrogens is 415 g/mol. The van der Waals surface area contributed by atoms with Crippen molar-refractivity contribution in [2.45, 2.75) is 19.9 Å². The van der Waals surface area contributed by atoms with Gasteiger partial charge in [0.15, 0.2) is 0 Å². The van der Waals surface area contributed by atoms with Gasteiger partial charge in [0.25, 0.3) is 0 Å². The van der Waals surface area contributed by atoms with E-state index in [1.807, 2.05) is 0 Å². The van der Waals surface area contributed by atoms with Crippen LogP contribution in [0.5, 0.6) is 0 Å². The van der Waals surface area contributed by atoms with Gasteiger partial charge in [-0.25, -0.2) is 14.0 Å². The number of carbonyl (C=O) groups is 3. The molecule has 0 aromatic heterocycles. The van der Waals surface area contributed by atoms with Crippen LogP contribution in [0.3, 0.4) is 0 Å². The van der Waals surface area contributed by atoms with Crippen LogP contribution in [0.25, 0.3) is 0 Å². The first kappa shape index (κ1) is 23.5. The molecule has 32 heavy (non-hydrogen) atoms. The summed E-state index contributed by atoms with van der Waals surface area (Å²) >= 11 is 0. The van der Waals surface area contributed by atoms with Crippen LogP contribution < -0.4 is 5.32 Å². The van der Waals surface area contributed by atoms with Crippen molar-refractivity contribution < 1.29 is 23.5 Å². The molecule has 0 radical (unpaired) electrons. The average molecular weight is 445 g/mol. The Morgan fingerprint density at radius 3 is 2.44 bits per heavy atom. The van der Waals surface area contributed by atoms with Gasteiger partial charge in [-0.05, 0) is 24.6 Å². The second-order valence-corrected chi connectivity index (χ2v) is 7.70. The molecule has 0 spiro atoms. The Labute approximate surface area is 187 Å². The minimum absolute atomic E-state index is 0.0257. The van der Waals surface area contributed by atoms with E-state index in [1.54, 1.807) is 37.0 Å². The molecule has 0 bridgehead atoms. The van der Waals surface area contributed by atoms with Crippen molar-refractivity contribution in [3.8, 4) is 0 Å². The molecular formula is C23H29FN4O4. The average Bonchev–Trinajstić information content (AvgIpc) is 2.77. The zero-order chi connectivity index (χ0) is 23.3. The summed E-state index contributed by atoms with van der Waals surface area (Å²) in [5, 5.41) is 2.85. The number of nitrogens with zero attached hydrogens (tertiary/aromatic N) is 3. The Morgan fingerprint density at radius 2 is 1.88 bits per heavy atom. The number of carbonyl (C=O) groups excluding carboxylic acids is 3. The molecule has 0 aliphatic carbocycles. The highest BCUT2D eigenvalue weighted by molar-refractivity contribution is 5.95. The second kappa shape index (κ2) is 10.4. The van der Waals surface area contributed by atoms with Crippen LogP contribution in [0.4, 0.5) is 9.18 Å². The summed E-state index contributed by atoms with van der Waals surface area (Å²) in [5.41, 5.74) is 1.42. The first-order valence-electron chi connectivity index (χ1n) is 10.7. The van der Waals surface area contributed by atoms with Gasteiger partial charge in [-0.2, -0.15) is 0 Å². The number of nitrogens with one attached hydrogen (secondary N) is 1. The third-order valence-corrected chi connectivity index (χ3v) is 5.64. The Kier molecular flexibility index (Phi) is 7.63. The molecule has 3 amide bonds. The first-order valence-corrected chi connectivity index (χ1v) is 10.7. The van der Waals surface area contributed by atoms with E-state index in [-0.39, 0.29) is 25.1 Å². The van der Waals surface area contributed by atoms with E-state index >= 15 is 0 Å². The molecule has 1 atom stereocenters. The highest BCUT2D eigenvalue weighted by Crippen LogP contribution is 2.32. The molecule has 3 rings (SSSR count). The predicted molar refractivity (Wildman–Crippen MR) is 117 cm³/mol. The number of rotatable bonds is 7. The quantitative estimate of drug-likeness (QED) is 0.514. The van der Waals surface area contributed by atoms with E-state index in [9.17, 15) is 18.8 Å². The van der Waals surface area contributed by atoms with Crippen LogP contribution in [-0.4, -0.2) is 78.5 Å². The molecule has 172 valence electrons. The summed E-state index contributed by atoms with van der Waals surface area (Å²) in [6, 6.07) is 4.54. The Morgan fingerprint density at radius 1 is 1.22 bits per heavy atom. The minimum atomic E-state index is -0.767. The van der Waals surface area contributed by atoms with E-state index in [1.165, 1.54) is 17.0 Å². The highest BCUT2D eigenvalue weighted by atomic mass is 19.1. The molecule has 1 aromatic rings. The van der Waals surface area contributed by atoms with Crippen molar-refractivity contribution in [2.75, 3.05) is 45.9 Å². The van der Waals surface area contributed by atoms with Gasteiger partial charge in [0, 0.05) is 51.9 Å². The van der Waals surface area contributed by atoms with Gasteiger partial charge in [0.2, 0.25) is 5.91 Å². The Balaban J connectivity index is 2.02. The number of urea groups is 1. The number of ether oxygens (including phenoxy) is 1. The van der Waals surface area contributed by atoms with E-state index in [0.29, 0.717) is 49.6 Å². The highest BCUT2D eigenvalue weighted by Gasteiger charge is 2.38. The number of halogens is 1. The molecule has 1 saturated heterocycles. The van der Waals surface area contributed by atoms with E-state index in [0.717, 1.165) is 0 Å². The van der Waals surface area contributed by atoms with Crippen molar-refractivity contribution in [3.05, 3.63) is 59.6 Å². The van der Waals surface area contributed by atoms with E-state index in [2.05, 4.69) is 16.8 Å². The van der Waals surface area contributed by atoms with Crippen LogP contribution in [-0.2, 0) is 14.3 Å². The minimum Gasteiger partial charge on any atom is -0.463 e. The van der Waals surface area contributed by atoms with Gasteiger partial charge in [-0.15, -0.1) is 6.58 Å². The Bertz CT molecular complexity index is 907. The fourth-order valence-corrected chi connectivity index (χ4v) is 3.98. The molecule has 0 saturated carbocycles. The molecule has 1 N–H and O–H groups in total. The third-order valence-electron chi connectivity index (χ3n) is 5.64. The molecule has 2 heterocycles. The predicted octanol–water partition coefficient (Wildman–Crippen LogP) is 2.06. The number of amides is 3. The smallest absolute Gasteiger partial charge is 0.338 e. The zero-order valence-electron chi connectivity index (χ0n) is 18.5. The van der Waals surface area contributed by atoms with Gasteiger partial charge >= 0.3 is 12.0 Å². The van der Waals surface area contributed by atoms with E-state index in [4.69, 9.17) is 4.74 Å². The third kappa shape index (κ3) is 5.16. The van der Waals surface area contributed by atoms with Crippen LogP contribution in [0.1, 0.15) is 25.5 Å². The number of benzene rings is 1. The topological polar surface area (TPSA) is 82.2 Å². The maximum absolute atomic E-state index is 13.5. The lowest BCUT2D eigenvalue weighted by atomic mass is 9.94. The van der Waals surface area contributed by atoms with Gasteiger partial charge in [-0.1, -0.05) is 18.2 Å². The maximum atomic E-state index is 13.5. The van der Waals surface area contributed by atoms with Crippen molar-refractivity contribution in [3.63, 3.8) is 0 Å². The van der Waals surface area contributed by atoms with Crippen LogP contribution in [0.2, 0.25) is 0 Å². The summed E-state index contributed by atoms with van der Waals surface area (Å²) in [5.74, 6) is -0.916. The van der Waals surface area contributed by atoms with Gasteiger partial charge in [-0.3, -0.25) is 14.6 Å².